The van der Waals surface area contributed by atoms with Crippen LogP contribution in [0.5, 0.6) is 0 Å². The Kier molecular flexibility index (Phi) is 9.29. The monoisotopic (exact) mass is 366 g/mol. The molecule has 0 radical (unpaired) electrons. The van der Waals surface area contributed by atoms with Gasteiger partial charge in [-0.15, -0.1) is 0 Å². The Bertz CT molecular complexity index is 605. The van der Waals surface area contributed by atoms with Crippen LogP contribution < -0.4 is 16.0 Å². The summed E-state index contributed by atoms with van der Waals surface area (Å²) in [5.41, 5.74) is 0.780. The quantitative estimate of drug-likeness (QED) is 0.613. The lowest BCUT2D eigenvalue weighted by atomic mass is 10.2. The lowest BCUT2D eigenvalue weighted by Crippen LogP contribution is -2.47. The summed E-state index contributed by atoms with van der Waals surface area (Å²) >= 11 is 0. The molecule has 7 nitrogen and oxygen atoms in total. The number of hydrogen-bond donors (Lipinski definition) is 3. The standard InChI is InChI=1S/C18H27FN4O3/c1-4-23(12-17(25)22-18(26)21-9-13(2)3)11-16(24)20-10-14-5-7-15(19)8-6-14/h5-8,13H,4,9-12H2,1-3H3,(H,20,24)(H2,21,22,25,26). The molecule has 0 aromatic heterocycles. The van der Waals surface area contributed by atoms with Gasteiger partial charge in [0, 0.05) is 13.1 Å². The summed E-state index contributed by atoms with van der Waals surface area (Å²) in [5, 5.41) is 7.55. The number of carbonyl (C=O) groups is 3. The second kappa shape index (κ2) is 11.2. The number of carbonyl (C=O) groups excluding carboxylic acids is 3. The molecule has 8 heteroatoms. The van der Waals surface area contributed by atoms with E-state index in [1.165, 1.54) is 12.1 Å². The Balaban J connectivity index is 2.35. The molecule has 144 valence electrons. The molecule has 0 heterocycles. The van der Waals surface area contributed by atoms with Gasteiger partial charge in [-0.3, -0.25) is 19.8 Å². The third-order valence-corrected chi connectivity index (χ3v) is 3.51. The van der Waals surface area contributed by atoms with Crippen molar-refractivity contribution in [2.75, 3.05) is 26.2 Å². The third-order valence-electron chi connectivity index (χ3n) is 3.51. The minimum absolute atomic E-state index is 0.0265. The topological polar surface area (TPSA) is 90.5 Å². The van der Waals surface area contributed by atoms with Gasteiger partial charge in [-0.05, 0) is 30.2 Å². The highest BCUT2D eigenvalue weighted by Gasteiger charge is 2.15. The highest BCUT2D eigenvalue weighted by atomic mass is 19.1. The summed E-state index contributed by atoms with van der Waals surface area (Å²) < 4.78 is 12.8. The van der Waals surface area contributed by atoms with Crippen LogP contribution in [0.15, 0.2) is 24.3 Å². The number of hydrogen-bond acceptors (Lipinski definition) is 4. The SMILES string of the molecule is CCN(CC(=O)NCc1ccc(F)cc1)CC(=O)NC(=O)NCC(C)C. The fraction of sp³-hybridized carbons (Fsp3) is 0.500. The smallest absolute Gasteiger partial charge is 0.321 e. The zero-order valence-electron chi connectivity index (χ0n) is 15.5. The molecule has 1 aromatic carbocycles. The van der Waals surface area contributed by atoms with Crippen LogP contribution in [0.1, 0.15) is 26.3 Å². The van der Waals surface area contributed by atoms with Crippen molar-refractivity contribution in [3.8, 4) is 0 Å². The molecule has 0 fully saturated rings. The fourth-order valence-corrected chi connectivity index (χ4v) is 2.05. The number of amides is 4. The first kappa shape index (κ1) is 21.6. The van der Waals surface area contributed by atoms with Gasteiger partial charge < -0.3 is 10.6 Å². The van der Waals surface area contributed by atoms with Crippen LogP contribution >= 0.6 is 0 Å². The highest BCUT2D eigenvalue weighted by Crippen LogP contribution is 2.02. The Morgan fingerprint density at radius 1 is 1.04 bits per heavy atom. The van der Waals surface area contributed by atoms with Crippen LogP contribution in [0.3, 0.4) is 0 Å². The van der Waals surface area contributed by atoms with Crippen molar-refractivity contribution >= 4 is 17.8 Å². The molecule has 4 amide bonds. The maximum atomic E-state index is 12.8. The number of nitrogens with one attached hydrogen (secondary N) is 3. The number of nitrogens with zero attached hydrogens (tertiary/aromatic N) is 1. The molecule has 0 aliphatic rings. The molecule has 3 N–H and O–H groups in total. The maximum absolute atomic E-state index is 12.8. The van der Waals surface area contributed by atoms with Crippen molar-refractivity contribution in [2.24, 2.45) is 5.92 Å². The molecular formula is C18H27FN4O3. The summed E-state index contributed by atoms with van der Waals surface area (Å²) in [6.07, 6.45) is 0. The lowest BCUT2D eigenvalue weighted by molar-refractivity contribution is -0.124. The molecule has 1 rings (SSSR count). The van der Waals surface area contributed by atoms with Crippen LogP contribution in [0, 0.1) is 11.7 Å². The van der Waals surface area contributed by atoms with E-state index in [1.54, 1.807) is 17.0 Å². The van der Waals surface area contributed by atoms with Crippen molar-refractivity contribution in [3.63, 3.8) is 0 Å². The minimum atomic E-state index is -0.541. The Labute approximate surface area is 153 Å². The number of urea groups is 1. The van der Waals surface area contributed by atoms with Gasteiger partial charge in [0.2, 0.25) is 11.8 Å². The molecule has 0 aliphatic carbocycles. The van der Waals surface area contributed by atoms with E-state index in [9.17, 15) is 18.8 Å². The summed E-state index contributed by atoms with van der Waals surface area (Å²) in [7, 11) is 0. The molecule has 0 unspecified atom stereocenters. The van der Waals surface area contributed by atoms with Crippen molar-refractivity contribution < 1.29 is 18.8 Å². The van der Waals surface area contributed by atoms with Crippen molar-refractivity contribution in [3.05, 3.63) is 35.6 Å². The van der Waals surface area contributed by atoms with Crippen LogP contribution in [0.25, 0.3) is 0 Å². The van der Waals surface area contributed by atoms with Crippen LogP contribution in [0.2, 0.25) is 0 Å². The average molecular weight is 366 g/mol. The van der Waals surface area contributed by atoms with E-state index in [1.807, 2.05) is 20.8 Å². The summed E-state index contributed by atoms with van der Waals surface area (Å²) in [5.74, 6) is -0.777. The van der Waals surface area contributed by atoms with E-state index in [0.717, 1.165) is 5.56 Å². The van der Waals surface area contributed by atoms with Crippen molar-refractivity contribution in [1.29, 1.82) is 0 Å². The number of likely N-dealkylation sites (N-methyl/N-ethyl adjacent to an activating group) is 1. The second-order valence-corrected chi connectivity index (χ2v) is 6.36. The lowest BCUT2D eigenvalue weighted by Gasteiger charge is -2.19. The number of halogens is 1. The van der Waals surface area contributed by atoms with Crippen molar-refractivity contribution in [1.82, 2.24) is 20.9 Å². The Morgan fingerprint density at radius 3 is 2.23 bits per heavy atom. The molecule has 0 spiro atoms. The summed E-state index contributed by atoms with van der Waals surface area (Å²) in [6, 6.07) is 5.30. The van der Waals surface area contributed by atoms with Gasteiger partial charge in [-0.25, -0.2) is 9.18 Å². The number of rotatable bonds is 9. The largest absolute Gasteiger partial charge is 0.351 e. The van der Waals surface area contributed by atoms with E-state index < -0.39 is 11.9 Å². The van der Waals surface area contributed by atoms with Gasteiger partial charge in [0.15, 0.2) is 0 Å². The maximum Gasteiger partial charge on any atom is 0.321 e. The molecule has 0 aliphatic heterocycles. The van der Waals surface area contributed by atoms with Gasteiger partial charge in [-0.1, -0.05) is 32.9 Å². The van der Waals surface area contributed by atoms with E-state index >= 15 is 0 Å². The first-order valence-electron chi connectivity index (χ1n) is 8.61. The Morgan fingerprint density at radius 2 is 1.65 bits per heavy atom. The van der Waals surface area contributed by atoms with Crippen LogP contribution in [-0.2, 0) is 16.1 Å². The van der Waals surface area contributed by atoms with E-state index in [0.29, 0.717) is 13.1 Å². The zero-order chi connectivity index (χ0) is 19.5. The third kappa shape index (κ3) is 9.12. The van der Waals surface area contributed by atoms with Crippen LogP contribution in [0.4, 0.5) is 9.18 Å². The highest BCUT2D eigenvalue weighted by molar-refractivity contribution is 5.95. The van der Waals surface area contributed by atoms with Gasteiger partial charge in [-0.2, -0.15) is 0 Å². The molecule has 26 heavy (non-hydrogen) atoms. The molecule has 0 saturated heterocycles. The van der Waals surface area contributed by atoms with Gasteiger partial charge in [0.1, 0.15) is 5.82 Å². The molecule has 0 atom stereocenters. The molecule has 0 saturated carbocycles. The van der Waals surface area contributed by atoms with E-state index in [2.05, 4.69) is 16.0 Å². The minimum Gasteiger partial charge on any atom is -0.351 e. The predicted octanol–water partition coefficient (Wildman–Crippen LogP) is 1.25. The van der Waals surface area contributed by atoms with Crippen molar-refractivity contribution in [2.45, 2.75) is 27.3 Å². The van der Waals surface area contributed by atoms with E-state index in [4.69, 9.17) is 0 Å². The molecule has 1 aromatic rings. The average Bonchev–Trinajstić information content (AvgIpc) is 2.58. The zero-order valence-corrected chi connectivity index (χ0v) is 15.5. The Hall–Kier alpha value is -2.48. The molecule has 0 bridgehead atoms. The summed E-state index contributed by atoms with van der Waals surface area (Å²) in [6.45, 7) is 6.92. The molecular weight excluding hydrogens is 339 g/mol. The number of imide groups is 1. The van der Waals surface area contributed by atoms with Gasteiger partial charge in [0.05, 0.1) is 13.1 Å². The van der Waals surface area contributed by atoms with Gasteiger partial charge in [0.25, 0.3) is 0 Å². The van der Waals surface area contributed by atoms with E-state index in [-0.39, 0.29) is 37.3 Å². The fourth-order valence-electron chi connectivity index (χ4n) is 2.05. The second-order valence-electron chi connectivity index (χ2n) is 6.36. The number of benzene rings is 1. The predicted molar refractivity (Wildman–Crippen MR) is 96.7 cm³/mol. The van der Waals surface area contributed by atoms with Gasteiger partial charge >= 0.3 is 6.03 Å². The first-order chi connectivity index (χ1) is 12.3. The van der Waals surface area contributed by atoms with Crippen LogP contribution in [-0.4, -0.2) is 48.9 Å². The first-order valence-corrected chi connectivity index (χ1v) is 8.61. The summed E-state index contributed by atoms with van der Waals surface area (Å²) in [4.78, 5) is 37.1. The normalized spacial score (nSPS) is 10.7.